The van der Waals surface area contributed by atoms with E-state index in [4.69, 9.17) is 4.52 Å². The fourth-order valence-electron chi connectivity index (χ4n) is 1.99. The summed E-state index contributed by atoms with van der Waals surface area (Å²) < 4.78 is 44.7. The van der Waals surface area contributed by atoms with Crippen LogP contribution in [0.1, 0.15) is 17.1 Å². The molecule has 0 spiro atoms. The van der Waals surface area contributed by atoms with Gasteiger partial charge in [-0.15, -0.1) is 0 Å². The van der Waals surface area contributed by atoms with Crippen molar-refractivity contribution in [3.05, 3.63) is 46.1 Å². The molecule has 0 saturated carbocycles. The van der Waals surface area contributed by atoms with Gasteiger partial charge in [-0.2, -0.15) is 23.3 Å². The third-order valence-corrected chi connectivity index (χ3v) is 2.89. The number of aryl methyl sites for hydroxylation is 1. The van der Waals surface area contributed by atoms with Gasteiger partial charge >= 0.3 is 6.18 Å². The van der Waals surface area contributed by atoms with E-state index in [1.54, 1.807) is 0 Å². The number of aromatic amines is 1. The molecule has 0 aliphatic carbocycles. The van der Waals surface area contributed by atoms with Crippen LogP contribution in [0.25, 0.3) is 11.5 Å². The van der Waals surface area contributed by atoms with Crippen molar-refractivity contribution >= 4 is 0 Å². The van der Waals surface area contributed by atoms with Crippen molar-refractivity contribution in [1.82, 2.24) is 29.9 Å². The van der Waals surface area contributed by atoms with Crippen LogP contribution in [-0.4, -0.2) is 29.9 Å². The fourth-order valence-corrected chi connectivity index (χ4v) is 1.99. The van der Waals surface area contributed by atoms with Crippen LogP contribution in [0.2, 0.25) is 0 Å². The number of H-pyrrole nitrogens is 1. The van der Waals surface area contributed by atoms with Crippen molar-refractivity contribution in [1.29, 1.82) is 0 Å². The Hall–Kier alpha value is -2.98. The normalized spacial score (nSPS) is 11.8. The molecule has 0 aliphatic rings. The summed E-state index contributed by atoms with van der Waals surface area (Å²) in [4.78, 5) is 21.3. The number of aromatic nitrogens is 6. The summed E-state index contributed by atoms with van der Waals surface area (Å²) in [5.74, 6) is -0.0240. The molecule has 0 aliphatic heterocycles. The van der Waals surface area contributed by atoms with E-state index in [0.717, 1.165) is 17.1 Å². The minimum atomic E-state index is -4.58. The van der Waals surface area contributed by atoms with Crippen molar-refractivity contribution in [2.24, 2.45) is 7.05 Å². The summed E-state index contributed by atoms with van der Waals surface area (Å²) in [6.45, 7) is 0. The second-order valence-electron chi connectivity index (χ2n) is 4.66. The molecule has 0 aromatic carbocycles. The minimum absolute atomic E-state index is 0.0172. The molecule has 0 radical (unpaired) electrons. The molecule has 0 saturated heterocycles. The Morgan fingerprint density at radius 3 is 2.87 bits per heavy atom. The molecule has 3 heterocycles. The summed E-state index contributed by atoms with van der Waals surface area (Å²) in [6, 6.07) is 1.15. The summed E-state index contributed by atoms with van der Waals surface area (Å²) in [6.07, 6.45) is -2.42. The molecule has 0 amide bonds. The second-order valence-corrected chi connectivity index (χ2v) is 4.66. The van der Waals surface area contributed by atoms with Crippen LogP contribution in [0.3, 0.4) is 0 Å². The van der Waals surface area contributed by atoms with Gasteiger partial charge in [0.25, 0.3) is 5.56 Å². The molecule has 120 valence electrons. The van der Waals surface area contributed by atoms with E-state index in [2.05, 4.69) is 25.2 Å². The number of rotatable bonds is 3. The first-order valence-electron chi connectivity index (χ1n) is 6.30. The van der Waals surface area contributed by atoms with E-state index in [-0.39, 0.29) is 29.4 Å². The summed E-state index contributed by atoms with van der Waals surface area (Å²) in [5, 5.41) is 7.01. The standard InChI is InChI=1S/C12H9F3N6O2/c1-21-4-6(10(19-21)12(13,14)15)2-9-18-11(20-23-9)7-3-8(22)17-5-16-7/h3-5H,2H2,1H3,(H,16,17,22). The van der Waals surface area contributed by atoms with Crippen LogP contribution in [-0.2, 0) is 19.6 Å². The molecular weight excluding hydrogens is 317 g/mol. The van der Waals surface area contributed by atoms with Gasteiger partial charge in [0, 0.05) is 24.9 Å². The van der Waals surface area contributed by atoms with Gasteiger partial charge < -0.3 is 9.51 Å². The van der Waals surface area contributed by atoms with E-state index >= 15 is 0 Å². The molecule has 0 unspecified atom stereocenters. The molecule has 11 heteroatoms. The highest BCUT2D eigenvalue weighted by molar-refractivity contribution is 5.46. The van der Waals surface area contributed by atoms with Crippen molar-refractivity contribution in [2.45, 2.75) is 12.6 Å². The Balaban J connectivity index is 1.90. The number of nitrogens with zero attached hydrogens (tertiary/aromatic N) is 5. The Bertz CT molecular complexity index is 895. The molecule has 3 aromatic rings. The van der Waals surface area contributed by atoms with Crippen LogP contribution in [0.4, 0.5) is 13.2 Å². The van der Waals surface area contributed by atoms with Gasteiger partial charge in [-0.05, 0) is 0 Å². The summed E-state index contributed by atoms with van der Waals surface area (Å²) in [7, 11) is 1.39. The van der Waals surface area contributed by atoms with Crippen molar-refractivity contribution in [2.75, 3.05) is 0 Å². The maximum absolute atomic E-state index is 12.9. The lowest BCUT2D eigenvalue weighted by atomic mass is 10.2. The predicted molar refractivity (Wildman–Crippen MR) is 69.2 cm³/mol. The van der Waals surface area contributed by atoms with Crippen molar-refractivity contribution in [3.63, 3.8) is 0 Å². The van der Waals surface area contributed by atoms with Gasteiger partial charge in [0.15, 0.2) is 5.69 Å². The lowest BCUT2D eigenvalue weighted by Crippen LogP contribution is -2.09. The van der Waals surface area contributed by atoms with Crippen LogP contribution >= 0.6 is 0 Å². The number of halogens is 3. The molecule has 1 N–H and O–H groups in total. The van der Waals surface area contributed by atoms with Crippen LogP contribution in [0, 0.1) is 0 Å². The highest BCUT2D eigenvalue weighted by atomic mass is 19.4. The zero-order valence-electron chi connectivity index (χ0n) is 11.6. The maximum Gasteiger partial charge on any atom is 0.435 e. The Morgan fingerprint density at radius 2 is 2.17 bits per heavy atom. The minimum Gasteiger partial charge on any atom is -0.339 e. The second kappa shape index (κ2) is 5.34. The third kappa shape index (κ3) is 3.12. The van der Waals surface area contributed by atoms with E-state index < -0.39 is 17.4 Å². The van der Waals surface area contributed by atoms with Crippen LogP contribution in [0.5, 0.6) is 0 Å². The lowest BCUT2D eigenvalue weighted by Gasteiger charge is -2.03. The highest BCUT2D eigenvalue weighted by Crippen LogP contribution is 2.31. The van der Waals surface area contributed by atoms with Gasteiger partial charge in [0.2, 0.25) is 11.7 Å². The highest BCUT2D eigenvalue weighted by Gasteiger charge is 2.37. The third-order valence-electron chi connectivity index (χ3n) is 2.89. The average Bonchev–Trinajstić information content (AvgIpc) is 3.05. The molecule has 0 bridgehead atoms. The monoisotopic (exact) mass is 326 g/mol. The first-order chi connectivity index (χ1) is 10.8. The first kappa shape index (κ1) is 14.9. The lowest BCUT2D eigenvalue weighted by molar-refractivity contribution is -0.142. The average molecular weight is 326 g/mol. The van der Waals surface area contributed by atoms with Crippen LogP contribution in [0.15, 0.2) is 27.9 Å². The smallest absolute Gasteiger partial charge is 0.339 e. The largest absolute Gasteiger partial charge is 0.435 e. The Morgan fingerprint density at radius 1 is 1.39 bits per heavy atom. The number of hydrogen-bond donors (Lipinski definition) is 1. The molecule has 0 fully saturated rings. The van der Waals surface area contributed by atoms with Crippen molar-refractivity contribution < 1.29 is 17.7 Å². The van der Waals surface area contributed by atoms with Crippen LogP contribution < -0.4 is 5.56 Å². The first-order valence-corrected chi connectivity index (χ1v) is 6.30. The number of hydrogen-bond acceptors (Lipinski definition) is 6. The molecular formula is C12H9F3N6O2. The van der Waals surface area contributed by atoms with E-state index in [1.807, 2.05) is 0 Å². The van der Waals surface area contributed by atoms with Gasteiger partial charge in [0.05, 0.1) is 12.7 Å². The molecule has 0 atom stereocenters. The molecule has 23 heavy (non-hydrogen) atoms. The molecule has 3 aromatic heterocycles. The predicted octanol–water partition coefficient (Wildman–Crippen LogP) is 1.16. The van der Waals surface area contributed by atoms with Crippen molar-refractivity contribution in [3.8, 4) is 11.5 Å². The van der Waals surface area contributed by atoms with Gasteiger partial charge in [-0.1, -0.05) is 5.16 Å². The number of nitrogens with one attached hydrogen (secondary N) is 1. The van der Waals surface area contributed by atoms with Gasteiger partial charge in [-0.3, -0.25) is 9.48 Å². The SMILES string of the molecule is Cn1cc(Cc2nc(-c3cc(=O)[nH]cn3)no2)c(C(F)(F)F)n1. The quantitative estimate of drug-likeness (QED) is 0.775. The maximum atomic E-state index is 12.9. The summed E-state index contributed by atoms with van der Waals surface area (Å²) >= 11 is 0. The Kier molecular flexibility index (Phi) is 3.47. The Labute approximate surface area is 126 Å². The van der Waals surface area contributed by atoms with Gasteiger partial charge in [-0.25, -0.2) is 4.98 Å². The zero-order valence-corrected chi connectivity index (χ0v) is 11.6. The van der Waals surface area contributed by atoms with E-state index in [1.165, 1.54) is 13.2 Å². The van der Waals surface area contributed by atoms with Gasteiger partial charge in [0.1, 0.15) is 5.69 Å². The zero-order chi connectivity index (χ0) is 16.6. The summed E-state index contributed by atoms with van der Waals surface area (Å²) in [5.41, 5.74) is -1.35. The molecule has 8 nitrogen and oxygen atoms in total. The topological polar surface area (TPSA) is 102 Å². The number of alkyl halides is 3. The fraction of sp³-hybridized carbons (Fsp3) is 0.250. The van der Waals surface area contributed by atoms with E-state index in [0.29, 0.717) is 0 Å². The van der Waals surface area contributed by atoms with E-state index in [9.17, 15) is 18.0 Å². The molecule has 3 rings (SSSR count).